The van der Waals surface area contributed by atoms with Gasteiger partial charge in [-0.2, -0.15) is 4.72 Å². The summed E-state index contributed by atoms with van der Waals surface area (Å²) in [4.78, 5) is 3.81. The van der Waals surface area contributed by atoms with E-state index in [4.69, 9.17) is 9.15 Å². The summed E-state index contributed by atoms with van der Waals surface area (Å²) in [5.41, 5.74) is 1.47. The maximum Gasteiger partial charge on any atom is 0.259 e. The smallest absolute Gasteiger partial charge is 0.259 e. The number of rotatable bonds is 7. The number of aryl methyl sites for hydroxylation is 1. The van der Waals surface area contributed by atoms with E-state index < -0.39 is 16.1 Å². The van der Waals surface area contributed by atoms with E-state index in [0.29, 0.717) is 5.76 Å². The van der Waals surface area contributed by atoms with Crippen molar-refractivity contribution in [2.75, 3.05) is 13.7 Å². The number of hydrogen-bond donors (Lipinski definition) is 1. The fourth-order valence-electron chi connectivity index (χ4n) is 1.69. The molecule has 0 aliphatic heterocycles. The van der Waals surface area contributed by atoms with Crippen molar-refractivity contribution in [2.24, 2.45) is 0 Å². The second-order valence-corrected chi connectivity index (χ2v) is 6.49. The molecule has 0 amide bonds. The van der Waals surface area contributed by atoms with Gasteiger partial charge in [-0.1, -0.05) is 6.92 Å². The lowest BCUT2D eigenvalue weighted by atomic mass is 10.2. The van der Waals surface area contributed by atoms with Crippen molar-refractivity contribution >= 4 is 21.4 Å². The lowest BCUT2D eigenvalue weighted by Crippen LogP contribution is -2.31. The first kappa shape index (κ1) is 15.2. The van der Waals surface area contributed by atoms with Crippen LogP contribution in [0.5, 0.6) is 0 Å². The van der Waals surface area contributed by atoms with E-state index in [1.165, 1.54) is 29.3 Å². The Labute approximate surface area is 121 Å². The molecular weight excluding hydrogens is 300 g/mol. The molecule has 0 aromatic carbocycles. The molecule has 0 aliphatic carbocycles. The molecule has 1 atom stereocenters. The summed E-state index contributed by atoms with van der Waals surface area (Å²) in [6, 6.07) is 3.01. The number of nitrogens with one attached hydrogen (secondary N) is 1. The third-order valence-electron chi connectivity index (χ3n) is 2.69. The molecule has 2 aromatic heterocycles. The third-order valence-corrected chi connectivity index (χ3v) is 4.79. The first-order valence-electron chi connectivity index (χ1n) is 6.05. The number of nitrogens with zero attached hydrogens (tertiary/aromatic N) is 1. The summed E-state index contributed by atoms with van der Waals surface area (Å²) >= 11 is 1.23. The highest BCUT2D eigenvalue weighted by Crippen LogP contribution is 2.20. The van der Waals surface area contributed by atoms with Gasteiger partial charge in [0.15, 0.2) is 5.03 Å². The molecule has 0 radical (unpaired) electrons. The van der Waals surface area contributed by atoms with Gasteiger partial charge in [0.25, 0.3) is 10.0 Å². The molecule has 6 nitrogen and oxygen atoms in total. The van der Waals surface area contributed by atoms with Gasteiger partial charge in [-0.15, -0.1) is 11.3 Å². The Morgan fingerprint density at radius 2 is 2.30 bits per heavy atom. The van der Waals surface area contributed by atoms with E-state index in [2.05, 4.69) is 9.71 Å². The molecule has 2 heterocycles. The fraction of sp³-hybridized carbons (Fsp3) is 0.417. The van der Waals surface area contributed by atoms with Gasteiger partial charge in [0.1, 0.15) is 17.6 Å². The first-order chi connectivity index (χ1) is 9.56. The van der Waals surface area contributed by atoms with Crippen LogP contribution in [-0.2, 0) is 21.2 Å². The van der Waals surface area contributed by atoms with Gasteiger partial charge >= 0.3 is 0 Å². The van der Waals surface area contributed by atoms with Crippen molar-refractivity contribution in [1.82, 2.24) is 9.71 Å². The minimum atomic E-state index is -3.67. The average Bonchev–Trinajstić information content (AvgIpc) is 3.09. The van der Waals surface area contributed by atoms with E-state index in [0.717, 1.165) is 12.2 Å². The minimum Gasteiger partial charge on any atom is -0.464 e. The molecule has 0 bridgehead atoms. The molecular formula is C12H16N2O4S2. The normalized spacial score (nSPS) is 13.5. The van der Waals surface area contributed by atoms with Gasteiger partial charge in [-0.3, -0.25) is 0 Å². The molecule has 0 unspecified atom stereocenters. The van der Waals surface area contributed by atoms with Crippen LogP contribution in [0.25, 0.3) is 0 Å². The van der Waals surface area contributed by atoms with Crippen LogP contribution in [-0.4, -0.2) is 27.1 Å². The monoisotopic (exact) mass is 316 g/mol. The van der Waals surface area contributed by atoms with Crippen LogP contribution in [0.4, 0.5) is 0 Å². The summed E-state index contributed by atoms with van der Waals surface area (Å²) in [7, 11) is -2.17. The number of ether oxygens (including phenoxy) is 1. The summed E-state index contributed by atoms with van der Waals surface area (Å²) in [5.74, 6) is 1.33. The standard InChI is InChI=1S/C12H16N2O4S2/c1-3-9-4-5-11(18-9)10(6-17-2)14-20(15,16)12-7-19-8-13-12/h4-5,7-8,10,14H,3,6H2,1-2H3/t10-/m0/s1. The second-order valence-electron chi connectivity index (χ2n) is 4.11. The molecule has 8 heteroatoms. The van der Waals surface area contributed by atoms with Crippen LogP contribution in [0.3, 0.4) is 0 Å². The second kappa shape index (κ2) is 6.49. The van der Waals surface area contributed by atoms with Crippen molar-refractivity contribution < 1.29 is 17.6 Å². The van der Waals surface area contributed by atoms with Crippen molar-refractivity contribution in [3.8, 4) is 0 Å². The number of sulfonamides is 1. The van der Waals surface area contributed by atoms with Gasteiger partial charge in [-0.05, 0) is 12.1 Å². The zero-order chi connectivity index (χ0) is 14.6. The summed E-state index contributed by atoms with van der Waals surface area (Å²) in [5, 5.41) is 1.48. The Kier molecular flexibility index (Phi) is 4.92. The minimum absolute atomic E-state index is 0.00544. The Hall–Kier alpha value is -1.22. The summed E-state index contributed by atoms with van der Waals surface area (Å²) in [6.45, 7) is 2.15. The molecule has 0 fully saturated rings. The maximum absolute atomic E-state index is 12.2. The molecule has 0 aliphatic rings. The van der Waals surface area contributed by atoms with Gasteiger partial charge in [0.05, 0.1) is 12.1 Å². The topological polar surface area (TPSA) is 81.4 Å². The van der Waals surface area contributed by atoms with E-state index in [-0.39, 0.29) is 11.6 Å². The number of furan rings is 1. The maximum atomic E-state index is 12.2. The quantitative estimate of drug-likeness (QED) is 0.844. The zero-order valence-corrected chi connectivity index (χ0v) is 12.8. The Morgan fingerprint density at radius 3 is 2.85 bits per heavy atom. The van der Waals surface area contributed by atoms with E-state index >= 15 is 0 Å². The Bertz CT molecular complexity index is 634. The molecule has 0 spiro atoms. The van der Waals surface area contributed by atoms with Crippen LogP contribution in [0.1, 0.15) is 24.5 Å². The van der Waals surface area contributed by atoms with Gasteiger partial charge in [0.2, 0.25) is 0 Å². The Balaban J connectivity index is 2.21. The number of hydrogen-bond acceptors (Lipinski definition) is 6. The van der Waals surface area contributed by atoms with E-state index in [9.17, 15) is 8.42 Å². The van der Waals surface area contributed by atoms with Crippen LogP contribution in [0.15, 0.2) is 32.5 Å². The summed E-state index contributed by atoms with van der Waals surface area (Å²) in [6.07, 6.45) is 0.749. The largest absolute Gasteiger partial charge is 0.464 e. The van der Waals surface area contributed by atoms with E-state index in [1.807, 2.05) is 13.0 Å². The molecule has 1 N–H and O–H groups in total. The lowest BCUT2D eigenvalue weighted by molar-refractivity contribution is 0.165. The third kappa shape index (κ3) is 3.45. The molecule has 20 heavy (non-hydrogen) atoms. The lowest BCUT2D eigenvalue weighted by Gasteiger charge is -2.15. The fourth-order valence-corrected chi connectivity index (χ4v) is 3.72. The summed E-state index contributed by atoms with van der Waals surface area (Å²) < 4.78 is 37.5. The van der Waals surface area contributed by atoms with Crippen LogP contribution < -0.4 is 4.72 Å². The predicted octanol–water partition coefficient (Wildman–Crippen LogP) is 1.96. The number of methoxy groups -OCH3 is 1. The van der Waals surface area contributed by atoms with Crippen molar-refractivity contribution in [3.63, 3.8) is 0 Å². The number of aromatic nitrogens is 1. The Morgan fingerprint density at radius 1 is 1.50 bits per heavy atom. The van der Waals surface area contributed by atoms with Gasteiger partial charge in [-0.25, -0.2) is 13.4 Å². The van der Waals surface area contributed by atoms with E-state index in [1.54, 1.807) is 6.07 Å². The predicted molar refractivity (Wildman–Crippen MR) is 75.1 cm³/mol. The van der Waals surface area contributed by atoms with Crippen LogP contribution in [0.2, 0.25) is 0 Å². The number of thiazole rings is 1. The van der Waals surface area contributed by atoms with Gasteiger partial charge in [0, 0.05) is 18.9 Å². The van der Waals surface area contributed by atoms with Crippen LogP contribution in [0, 0.1) is 0 Å². The average molecular weight is 316 g/mol. The molecule has 110 valence electrons. The van der Waals surface area contributed by atoms with Crippen molar-refractivity contribution in [1.29, 1.82) is 0 Å². The molecule has 0 saturated heterocycles. The molecule has 2 rings (SSSR count). The highest BCUT2D eigenvalue weighted by Gasteiger charge is 2.25. The molecule has 2 aromatic rings. The SMILES string of the molecule is CCc1ccc([C@H](COC)NS(=O)(=O)c2cscn2)o1. The molecule has 0 saturated carbocycles. The van der Waals surface area contributed by atoms with Gasteiger partial charge < -0.3 is 9.15 Å². The van der Waals surface area contributed by atoms with Crippen molar-refractivity contribution in [3.05, 3.63) is 34.5 Å². The highest BCUT2D eigenvalue weighted by atomic mass is 32.2. The first-order valence-corrected chi connectivity index (χ1v) is 8.47. The highest BCUT2D eigenvalue weighted by molar-refractivity contribution is 7.89. The zero-order valence-electron chi connectivity index (χ0n) is 11.2. The van der Waals surface area contributed by atoms with Crippen molar-refractivity contribution in [2.45, 2.75) is 24.4 Å². The van der Waals surface area contributed by atoms with Crippen LogP contribution >= 0.6 is 11.3 Å².